The molecule has 0 aliphatic rings. The predicted molar refractivity (Wildman–Crippen MR) is 262 cm³/mol. The van der Waals surface area contributed by atoms with Gasteiger partial charge in [0.05, 0.1) is 0 Å². The summed E-state index contributed by atoms with van der Waals surface area (Å²) in [6.07, 6.45) is 24.7. The van der Waals surface area contributed by atoms with Gasteiger partial charge < -0.3 is 8.83 Å². The molecule has 0 saturated carbocycles. The van der Waals surface area contributed by atoms with Crippen LogP contribution < -0.4 is 0 Å². The molecule has 0 bridgehead atoms. The number of hydrogen-bond acceptors (Lipinski definition) is 2. The maximum Gasteiger partial charge on any atom is 0.143 e. The fourth-order valence-electron chi connectivity index (χ4n) is 10.3. The average molecular weight is 795 g/mol. The monoisotopic (exact) mass is 795 g/mol. The molecule has 2 heteroatoms. The zero-order chi connectivity index (χ0) is 41.0. The van der Waals surface area contributed by atoms with Crippen molar-refractivity contribution in [2.75, 3.05) is 0 Å². The molecule has 60 heavy (non-hydrogen) atoms. The lowest BCUT2D eigenvalue weighted by Crippen LogP contribution is -1.90. The predicted octanol–water partition coefficient (Wildman–Crippen LogP) is 18.6. The molecule has 7 aromatic carbocycles. The van der Waals surface area contributed by atoms with Crippen LogP contribution in [0.5, 0.6) is 0 Å². The van der Waals surface area contributed by atoms with Gasteiger partial charge in [-0.05, 0) is 130 Å². The van der Waals surface area contributed by atoms with Crippen LogP contribution in [-0.4, -0.2) is 0 Å². The molecular formula is C58H66O2. The minimum atomic E-state index is 0.948. The smallest absolute Gasteiger partial charge is 0.143 e. The number of hydrogen-bond donors (Lipinski definition) is 0. The lowest BCUT2D eigenvalue weighted by Gasteiger charge is -2.11. The SMILES string of the molecule is CCCCCCc1ccc2c3ccc(CCCCCC)cc3c3c4cc5oc6c7cc(CCCCCC)ccc7c7ccc(CCCCCC)cc7c6c5cc4oc3c2c1. The molecule has 0 unspecified atom stereocenters. The lowest BCUT2D eigenvalue weighted by molar-refractivity contribution is 0.665. The number of rotatable bonds is 20. The summed E-state index contributed by atoms with van der Waals surface area (Å²) in [6.45, 7) is 9.17. The highest BCUT2D eigenvalue weighted by Gasteiger charge is 2.22. The van der Waals surface area contributed by atoms with Crippen LogP contribution in [0.1, 0.15) is 153 Å². The minimum Gasteiger partial charge on any atom is -0.455 e. The van der Waals surface area contributed by atoms with E-state index in [1.165, 1.54) is 179 Å². The fourth-order valence-corrected chi connectivity index (χ4v) is 10.3. The Kier molecular flexibility index (Phi) is 12.5. The van der Waals surface area contributed by atoms with Crippen LogP contribution in [0.15, 0.2) is 93.8 Å². The zero-order valence-electron chi connectivity index (χ0n) is 37.0. The molecule has 0 amide bonds. The Balaban J connectivity index is 1.27. The average Bonchev–Trinajstić information content (AvgIpc) is 3.85. The third-order valence-corrected chi connectivity index (χ3v) is 13.7. The third kappa shape index (κ3) is 7.92. The number of aryl methyl sites for hydroxylation is 4. The molecule has 9 rings (SSSR count). The van der Waals surface area contributed by atoms with Gasteiger partial charge >= 0.3 is 0 Å². The Morgan fingerprint density at radius 2 is 0.583 bits per heavy atom. The second kappa shape index (κ2) is 18.4. The Morgan fingerprint density at radius 3 is 0.900 bits per heavy atom. The fraction of sp³-hybridized carbons (Fsp3) is 0.414. The van der Waals surface area contributed by atoms with E-state index in [1.807, 2.05) is 0 Å². The first kappa shape index (κ1) is 40.6. The van der Waals surface area contributed by atoms with Gasteiger partial charge in [0.2, 0.25) is 0 Å². The van der Waals surface area contributed by atoms with Gasteiger partial charge in [0.15, 0.2) is 0 Å². The summed E-state index contributed by atoms with van der Waals surface area (Å²) in [5.41, 5.74) is 9.57. The van der Waals surface area contributed by atoms with Crippen molar-refractivity contribution in [3.05, 3.63) is 107 Å². The third-order valence-electron chi connectivity index (χ3n) is 13.7. The van der Waals surface area contributed by atoms with Gasteiger partial charge in [-0.2, -0.15) is 0 Å². The van der Waals surface area contributed by atoms with Crippen LogP contribution in [0.3, 0.4) is 0 Å². The van der Waals surface area contributed by atoms with Gasteiger partial charge in [-0.1, -0.05) is 165 Å². The van der Waals surface area contributed by atoms with Gasteiger partial charge in [-0.3, -0.25) is 0 Å². The zero-order valence-corrected chi connectivity index (χ0v) is 37.0. The molecule has 0 radical (unpaired) electrons. The molecule has 0 atom stereocenters. The number of furan rings is 2. The maximum atomic E-state index is 7.19. The van der Waals surface area contributed by atoms with Crippen molar-refractivity contribution in [3.8, 4) is 0 Å². The number of benzene rings is 7. The highest BCUT2D eigenvalue weighted by molar-refractivity contribution is 6.34. The molecule has 0 spiro atoms. The van der Waals surface area contributed by atoms with E-state index >= 15 is 0 Å². The first-order valence-corrected chi connectivity index (χ1v) is 24.2. The second-order valence-electron chi connectivity index (χ2n) is 18.2. The van der Waals surface area contributed by atoms with Crippen molar-refractivity contribution in [1.29, 1.82) is 0 Å². The summed E-state index contributed by atoms with van der Waals surface area (Å²) < 4.78 is 14.4. The Bertz CT molecular complexity index is 2730. The molecule has 2 nitrogen and oxygen atoms in total. The highest BCUT2D eigenvalue weighted by Crippen LogP contribution is 2.47. The van der Waals surface area contributed by atoms with E-state index < -0.39 is 0 Å². The summed E-state index contributed by atoms with van der Waals surface area (Å²) in [4.78, 5) is 0. The quantitative estimate of drug-likeness (QED) is 0.0567. The van der Waals surface area contributed by atoms with Crippen molar-refractivity contribution in [2.24, 2.45) is 0 Å². The Hall–Kier alpha value is -4.82. The Labute approximate surface area is 357 Å². The summed E-state index contributed by atoms with van der Waals surface area (Å²) >= 11 is 0. The van der Waals surface area contributed by atoms with Crippen molar-refractivity contribution in [2.45, 2.75) is 156 Å². The summed E-state index contributed by atoms with van der Waals surface area (Å²) in [6, 6.07) is 33.5. The summed E-state index contributed by atoms with van der Waals surface area (Å²) in [5.74, 6) is 0. The molecule has 0 aliphatic heterocycles. The summed E-state index contributed by atoms with van der Waals surface area (Å²) in [5, 5.41) is 15.0. The Morgan fingerprint density at radius 1 is 0.283 bits per heavy atom. The van der Waals surface area contributed by atoms with E-state index in [0.717, 1.165) is 58.8 Å². The molecule has 0 saturated heterocycles. The molecule has 9 aromatic rings. The molecule has 0 N–H and O–H groups in total. The molecule has 2 aromatic heterocycles. The van der Waals surface area contributed by atoms with E-state index in [2.05, 4.69) is 113 Å². The van der Waals surface area contributed by atoms with Crippen LogP contribution in [0.25, 0.3) is 87.0 Å². The van der Waals surface area contributed by atoms with E-state index in [-0.39, 0.29) is 0 Å². The first-order chi connectivity index (χ1) is 29.6. The normalized spacial score (nSPS) is 12.3. The van der Waals surface area contributed by atoms with Crippen molar-refractivity contribution in [3.63, 3.8) is 0 Å². The second-order valence-corrected chi connectivity index (χ2v) is 18.2. The van der Waals surface area contributed by atoms with E-state index in [4.69, 9.17) is 8.83 Å². The van der Waals surface area contributed by atoms with Gasteiger partial charge in [0, 0.05) is 32.3 Å². The maximum absolute atomic E-state index is 7.19. The first-order valence-electron chi connectivity index (χ1n) is 24.2. The number of unbranched alkanes of at least 4 members (excludes halogenated alkanes) is 12. The van der Waals surface area contributed by atoms with Gasteiger partial charge in [-0.15, -0.1) is 0 Å². The van der Waals surface area contributed by atoms with E-state index in [1.54, 1.807) is 0 Å². The molecule has 2 heterocycles. The standard InChI is InChI=1S/C58H66O2/c1-5-9-13-17-21-39-25-29-43-45-31-27-41(23-19-15-11-7-3)35-49(45)57-55(47(43)33-39)51-37-54-52(38-53(51)59-57)56-48-34-40(22-18-14-10-6-2)26-30-44(48)46-32-28-42(24-20-16-12-8-4)36-50(46)58(56)60-54/h25-38H,5-24H2,1-4H3. The van der Waals surface area contributed by atoms with Gasteiger partial charge in [0.1, 0.15) is 22.3 Å². The largest absolute Gasteiger partial charge is 0.455 e. The van der Waals surface area contributed by atoms with Crippen molar-refractivity contribution >= 4 is 87.0 Å². The lowest BCUT2D eigenvalue weighted by atomic mass is 9.92. The van der Waals surface area contributed by atoms with Crippen LogP contribution >= 0.6 is 0 Å². The van der Waals surface area contributed by atoms with Crippen LogP contribution in [0, 0.1) is 0 Å². The van der Waals surface area contributed by atoms with Crippen molar-refractivity contribution in [1.82, 2.24) is 0 Å². The molecule has 0 fully saturated rings. The van der Waals surface area contributed by atoms with E-state index in [9.17, 15) is 0 Å². The minimum absolute atomic E-state index is 0.948. The molecule has 0 aliphatic carbocycles. The van der Waals surface area contributed by atoms with E-state index in [0.29, 0.717) is 0 Å². The van der Waals surface area contributed by atoms with Crippen molar-refractivity contribution < 1.29 is 8.83 Å². The van der Waals surface area contributed by atoms with Crippen LogP contribution in [-0.2, 0) is 25.7 Å². The van der Waals surface area contributed by atoms with Gasteiger partial charge in [0.25, 0.3) is 0 Å². The number of fused-ring (bicyclic) bond motifs is 16. The molecule has 310 valence electrons. The molecular weight excluding hydrogens is 729 g/mol. The van der Waals surface area contributed by atoms with Crippen LogP contribution in [0.4, 0.5) is 0 Å². The van der Waals surface area contributed by atoms with Crippen LogP contribution in [0.2, 0.25) is 0 Å². The van der Waals surface area contributed by atoms with Gasteiger partial charge in [-0.25, -0.2) is 0 Å². The summed E-state index contributed by atoms with van der Waals surface area (Å²) in [7, 11) is 0. The highest BCUT2D eigenvalue weighted by atomic mass is 16.3. The topological polar surface area (TPSA) is 26.3 Å².